The van der Waals surface area contributed by atoms with Crippen molar-refractivity contribution in [3.8, 4) is 5.75 Å². The van der Waals surface area contributed by atoms with Crippen LogP contribution in [0.5, 0.6) is 5.75 Å². The molecule has 0 aliphatic carbocycles. The molecule has 1 aromatic carbocycles. The Bertz CT molecular complexity index is 637. The molecular weight excluding hydrogens is 527 g/mol. The van der Waals surface area contributed by atoms with Crippen molar-refractivity contribution in [2.75, 3.05) is 33.9 Å². The average Bonchev–Trinajstić information content (AvgIpc) is 2.66. The number of carbonyl (C=O) groups is 1. The Hall–Kier alpha value is -1.23. The quantitative estimate of drug-likeness (QED) is 0.332. The highest BCUT2D eigenvalue weighted by atomic mass is 127. The first-order chi connectivity index (χ1) is 12.6. The fourth-order valence-corrected chi connectivity index (χ4v) is 3.29. The summed E-state index contributed by atoms with van der Waals surface area (Å²) in [5.74, 6) is 1.59. The molecule has 0 unspecified atom stereocenters. The van der Waals surface area contributed by atoms with Crippen molar-refractivity contribution in [3.63, 3.8) is 0 Å². The summed E-state index contributed by atoms with van der Waals surface area (Å²) in [6, 6.07) is 6.17. The summed E-state index contributed by atoms with van der Waals surface area (Å²) in [5, 5.41) is 6.74. The first kappa shape index (κ1) is 23.8. The van der Waals surface area contributed by atoms with Crippen LogP contribution in [-0.2, 0) is 11.3 Å². The number of ether oxygens (including phenoxy) is 2. The highest BCUT2D eigenvalue weighted by Crippen LogP contribution is 2.23. The fourth-order valence-electron chi connectivity index (χ4n) is 2.88. The van der Waals surface area contributed by atoms with E-state index >= 15 is 0 Å². The van der Waals surface area contributed by atoms with Gasteiger partial charge in [-0.2, -0.15) is 0 Å². The zero-order chi connectivity index (χ0) is 18.9. The number of rotatable bonds is 5. The SMILES string of the molecule is CCNC(=NCc1cc(Br)ccc1OC)NC1CCN(C(=O)OC)CC1.I. The minimum absolute atomic E-state index is 0. The van der Waals surface area contributed by atoms with Crippen molar-refractivity contribution in [3.05, 3.63) is 28.2 Å². The van der Waals surface area contributed by atoms with E-state index in [4.69, 9.17) is 9.47 Å². The van der Waals surface area contributed by atoms with Crippen LogP contribution in [0.1, 0.15) is 25.3 Å². The zero-order valence-electron chi connectivity index (χ0n) is 16.0. The molecular formula is C18H28BrIN4O3. The molecule has 0 saturated carbocycles. The largest absolute Gasteiger partial charge is 0.496 e. The summed E-state index contributed by atoms with van der Waals surface area (Å²) in [6.45, 7) is 4.70. The second-order valence-corrected chi connectivity index (χ2v) is 6.94. The van der Waals surface area contributed by atoms with Crippen molar-refractivity contribution >= 4 is 52.0 Å². The Kier molecular flexibility index (Phi) is 10.8. The van der Waals surface area contributed by atoms with E-state index in [1.54, 1.807) is 12.0 Å². The molecule has 2 rings (SSSR count). The van der Waals surface area contributed by atoms with Gasteiger partial charge < -0.3 is 25.0 Å². The molecule has 1 saturated heterocycles. The average molecular weight is 555 g/mol. The monoisotopic (exact) mass is 554 g/mol. The van der Waals surface area contributed by atoms with E-state index in [-0.39, 0.29) is 36.1 Å². The maximum atomic E-state index is 11.6. The summed E-state index contributed by atoms with van der Waals surface area (Å²) < 4.78 is 11.2. The van der Waals surface area contributed by atoms with Gasteiger partial charge >= 0.3 is 6.09 Å². The van der Waals surface area contributed by atoms with Crippen molar-refractivity contribution in [2.45, 2.75) is 32.4 Å². The highest BCUT2D eigenvalue weighted by molar-refractivity contribution is 14.0. The normalized spacial score (nSPS) is 15.0. The summed E-state index contributed by atoms with van der Waals surface area (Å²) in [7, 11) is 3.08. The third kappa shape index (κ3) is 7.36. The van der Waals surface area contributed by atoms with Crippen LogP contribution in [0.15, 0.2) is 27.7 Å². The van der Waals surface area contributed by atoms with Gasteiger partial charge in [-0.05, 0) is 38.0 Å². The first-order valence-electron chi connectivity index (χ1n) is 8.77. The number of benzene rings is 1. The predicted molar refractivity (Wildman–Crippen MR) is 121 cm³/mol. The Morgan fingerprint density at radius 1 is 1.33 bits per heavy atom. The molecule has 1 aliphatic heterocycles. The van der Waals surface area contributed by atoms with Crippen LogP contribution in [0.2, 0.25) is 0 Å². The number of piperidine rings is 1. The maximum Gasteiger partial charge on any atom is 0.409 e. The summed E-state index contributed by atoms with van der Waals surface area (Å²) in [4.78, 5) is 18.0. The second-order valence-electron chi connectivity index (χ2n) is 6.03. The Morgan fingerprint density at radius 3 is 2.63 bits per heavy atom. The van der Waals surface area contributed by atoms with E-state index < -0.39 is 0 Å². The number of halogens is 2. The van der Waals surface area contributed by atoms with Gasteiger partial charge in [-0.1, -0.05) is 15.9 Å². The van der Waals surface area contributed by atoms with Gasteiger partial charge in [0, 0.05) is 35.7 Å². The third-order valence-corrected chi connectivity index (χ3v) is 4.76. The van der Waals surface area contributed by atoms with E-state index in [1.807, 2.05) is 25.1 Å². The Morgan fingerprint density at radius 2 is 2.04 bits per heavy atom. The number of carbonyl (C=O) groups excluding carboxylic acids is 1. The van der Waals surface area contributed by atoms with Crippen LogP contribution in [0.25, 0.3) is 0 Å². The Labute approximate surface area is 186 Å². The molecule has 0 atom stereocenters. The van der Waals surface area contributed by atoms with E-state index in [2.05, 4.69) is 31.6 Å². The number of hydrogen-bond donors (Lipinski definition) is 2. The second kappa shape index (κ2) is 12.3. The molecule has 1 aliphatic rings. The number of aliphatic imine (C=N–C) groups is 1. The lowest BCUT2D eigenvalue weighted by atomic mass is 10.1. The first-order valence-corrected chi connectivity index (χ1v) is 9.56. The molecule has 1 heterocycles. The van der Waals surface area contributed by atoms with Gasteiger partial charge in [0.05, 0.1) is 20.8 Å². The molecule has 27 heavy (non-hydrogen) atoms. The van der Waals surface area contributed by atoms with Gasteiger partial charge in [0.25, 0.3) is 0 Å². The lowest BCUT2D eigenvalue weighted by molar-refractivity contribution is 0.111. The fraction of sp³-hybridized carbons (Fsp3) is 0.556. The van der Waals surface area contributed by atoms with Crippen molar-refractivity contribution < 1.29 is 14.3 Å². The summed E-state index contributed by atoms with van der Waals surface area (Å²) in [5.41, 5.74) is 1.01. The molecule has 1 amide bonds. The number of likely N-dealkylation sites (tertiary alicyclic amines) is 1. The van der Waals surface area contributed by atoms with E-state index in [1.165, 1.54) is 7.11 Å². The standard InChI is InChI=1S/C18H27BrN4O3.HI/c1-4-20-17(21-12-13-11-14(19)5-6-16(13)25-2)22-15-7-9-23(10-8-15)18(24)26-3;/h5-6,11,15H,4,7-10,12H2,1-3H3,(H2,20,21,22);1H. The molecule has 1 fully saturated rings. The molecule has 0 spiro atoms. The maximum absolute atomic E-state index is 11.6. The van der Waals surface area contributed by atoms with Crippen LogP contribution >= 0.6 is 39.9 Å². The smallest absolute Gasteiger partial charge is 0.409 e. The van der Waals surface area contributed by atoms with Gasteiger partial charge in [-0.15, -0.1) is 24.0 Å². The minimum atomic E-state index is -0.259. The minimum Gasteiger partial charge on any atom is -0.496 e. The van der Waals surface area contributed by atoms with Crippen LogP contribution in [0, 0.1) is 0 Å². The predicted octanol–water partition coefficient (Wildman–Crippen LogP) is 3.36. The van der Waals surface area contributed by atoms with Gasteiger partial charge in [0.2, 0.25) is 0 Å². The molecule has 1 aromatic rings. The van der Waals surface area contributed by atoms with E-state index in [0.29, 0.717) is 19.6 Å². The van der Waals surface area contributed by atoms with Crippen molar-refractivity contribution in [1.29, 1.82) is 0 Å². The van der Waals surface area contributed by atoms with Gasteiger partial charge in [0.15, 0.2) is 5.96 Å². The van der Waals surface area contributed by atoms with Gasteiger partial charge in [-0.25, -0.2) is 9.79 Å². The third-order valence-electron chi connectivity index (χ3n) is 4.26. The molecule has 2 N–H and O–H groups in total. The molecule has 0 aromatic heterocycles. The Balaban J connectivity index is 0.00000364. The number of guanidine groups is 1. The number of nitrogens with one attached hydrogen (secondary N) is 2. The topological polar surface area (TPSA) is 75.2 Å². The van der Waals surface area contributed by atoms with E-state index in [9.17, 15) is 4.79 Å². The zero-order valence-corrected chi connectivity index (χ0v) is 19.9. The van der Waals surface area contributed by atoms with Crippen LogP contribution in [0.3, 0.4) is 0 Å². The number of hydrogen-bond acceptors (Lipinski definition) is 4. The summed E-state index contributed by atoms with van der Waals surface area (Å²) in [6.07, 6.45) is 1.46. The molecule has 0 radical (unpaired) electrons. The highest BCUT2D eigenvalue weighted by Gasteiger charge is 2.23. The summed E-state index contributed by atoms with van der Waals surface area (Å²) >= 11 is 3.49. The lowest BCUT2D eigenvalue weighted by Gasteiger charge is -2.32. The molecule has 152 valence electrons. The number of amides is 1. The lowest BCUT2D eigenvalue weighted by Crippen LogP contribution is -2.49. The van der Waals surface area contributed by atoms with E-state index in [0.717, 1.165) is 41.1 Å². The van der Waals surface area contributed by atoms with Gasteiger partial charge in [-0.3, -0.25) is 0 Å². The number of nitrogens with zero attached hydrogens (tertiary/aromatic N) is 2. The molecule has 7 nitrogen and oxygen atoms in total. The molecule has 0 bridgehead atoms. The van der Waals surface area contributed by atoms with Gasteiger partial charge in [0.1, 0.15) is 5.75 Å². The van der Waals surface area contributed by atoms with Crippen LogP contribution in [-0.4, -0.2) is 56.8 Å². The number of methoxy groups -OCH3 is 2. The van der Waals surface area contributed by atoms with Crippen molar-refractivity contribution in [1.82, 2.24) is 15.5 Å². The van der Waals surface area contributed by atoms with Crippen LogP contribution in [0.4, 0.5) is 4.79 Å². The van der Waals surface area contributed by atoms with Crippen LogP contribution < -0.4 is 15.4 Å². The van der Waals surface area contributed by atoms with Crippen molar-refractivity contribution in [2.24, 2.45) is 4.99 Å². The molecule has 9 heteroatoms.